The molecule has 0 bridgehead atoms. The Labute approximate surface area is 263 Å². The lowest BCUT2D eigenvalue weighted by atomic mass is 9.97. The van der Waals surface area contributed by atoms with E-state index in [0.29, 0.717) is 11.2 Å². The van der Waals surface area contributed by atoms with Gasteiger partial charge in [0.1, 0.15) is 18.4 Å². The molecule has 0 saturated carbocycles. The van der Waals surface area contributed by atoms with Gasteiger partial charge in [-0.1, -0.05) is 36.4 Å². The van der Waals surface area contributed by atoms with Crippen LogP contribution in [0.25, 0.3) is 21.9 Å². The second-order valence-electron chi connectivity index (χ2n) is 11.6. The second kappa shape index (κ2) is 12.3. The standard InChI is InChI=1S/C29H36F2N7O7P/c1-16(2)43-24(39)17(3)36-46(41,45-20-13-9-11-18-10-7-8-12-19(18)20)42-14-29(31)25(40)28(4,30)26(44-29)38-15-33-21-22(37(5)6)34-27(32)35-23(21)38/h7-13,15-17,25-26,40H,14H2,1-6H3,(H,36,41)(H2,32,34,35)/t17-,25+,26-,28-,29-,46+/m1/s1. The summed E-state index contributed by atoms with van der Waals surface area (Å²) in [6, 6.07) is 10.7. The molecule has 2 aromatic carbocycles. The number of aliphatic hydroxyl groups excluding tert-OH is 1. The monoisotopic (exact) mass is 663 g/mol. The first-order valence-corrected chi connectivity index (χ1v) is 15.9. The van der Waals surface area contributed by atoms with Gasteiger partial charge in [0.25, 0.3) is 5.85 Å². The number of nitrogen functional groups attached to an aromatic ring is 1. The van der Waals surface area contributed by atoms with Crippen molar-refractivity contribution < 1.29 is 41.8 Å². The number of carbonyl (C=O) groups excluding carboxylic acids is 1. The molecule has 0 spiro atoms. The highest BCUT2D eigenvalue weighted by Crippen LogP contribution is 2.52. The zero-order chi connectivity index (χ0) is 33.6. The summed E-state index contributed by atoms with van der Waals surface area (Å²) in [6.07, 6.45) is -3.60. The number of alkyl halides is 2. The number of hydrogen-bond donors (Lipinski definition) is 3. The van der Waals surface area contributed by atoms with Crippen LogP contribution in [0.2, 0.25) is 0 Å². The molecule has 4 aromatic rings. The molecule has 248 valence electrons. The summed E-state index contributed by atoms with van der Waals surface area (Å²) in [5.74, 6) is -3.80. The molecule has 1 aliphatic heterocycles. The molecule has 0 aliphatic carbocycles. The third-order valence-electron chi connectivity index (χ3n) is 7.29. The van der Waals surface area contributed by atoms with E-state index < -0.39 is 56.3 Å². The van der Waals surface area contributed by atoms with E-state index in [0.717, 1.165) is 23.2 Å². The number of anilines is 2. The van der Waals surface area contributed by atoms with E-state index >= 15 is 8.78 Å². The zero-order valence-corrected chi connectivity index (χ0v) is 26.9. The number of nitrogens with zero attached hydrogens (tertiary/aromatic N) is 5. The molecule has 6 atom stereocenters. The summed E-state index contributed by atoms with van der Waals surface area (Å²) in [6.45, 7) is 4.27. The number of aliphatic hydroxyl groups is 1. The number of fused-ring (bicyclic) bond motifs is 2. The molecule has 5 rings (SSSR count). The Morgan fingerprint density at radius 1 is 1.20 bits per heavy atom. The predicted octanol–water partition coefficient (Wildman–Crippen LogP) is 4.04. The van der Waals surface area contributed by atoms with E-state index in [9.17, 15) is 14.5 Å². The summed E-state index contributed by atoms with van der Waals surface area (Å²) in [5.41, 5.74) is 3.32. The Balaban J connectivity index is 1.46. The van der Waals surface area contributed by atoms with E-state index in [1.807, 2.05) is 0 Å². The smallest absolute Gasteiger partial charge is 0.459 e. The van der Waals surface area contributed by atoms with Crippen molar-refractivity contribution in [2.45, 2.75) is 63.7 Å². The van der Waals surface area contributed by atoms with Crippen molar-refractivity contribution in [1.82, 2.24) is 24.6 Å². The number of benzene rings is 2. The van der Waals surface area contributed by atoms with Crippen LogP contribution >= 0.6 is 7.75 Å². The third kappa shape index (κ3) is 6.35. The molecule has 4 N–H and O–H groups in total. The largest absolute Gasteiger partial charge is 0.462 e. The van der Waals surface area contributed by atoms with Gasteiger partial charge < -0.3 is 29.7 Å². The molecular formula is C29H36F2N7O7P. The molecule has 0 radical (unpaired) electrons. The van der Waals surface area contributed by atoms with Gasteiger partial charge in [0, 0.05) is 19.5 Å². The molecule has 14 nitrogen and oxygen atoms in total. The van der Waals surface area contributed by atoms with E-state index in [1.165, 1.54) is 13.0 Å². The quantitative estimate of drug-likeness (QED) is 0.155. The number of imidazole rings is 1. The summed E-state index contributed by atoms with van der Waals surface area (Å²) < 4.78 is 70.0. The molecule has 2 aromatic heterocycles. The topological polar surface area (TPSA) is 176 Å². The van der Waals surface area contributed by atoms with E-state index in [-0.39, 0.29) is 22.9 Å². The maximum absolute atomic E-state index is 16.5. The van der Waals surface area contributed by atoms with Crippen molar-refractivity contribution in [1.29, 1.82) is 0 Å². The van der Waals surface area contributed by atoms with Gasteiger partial charge in [0.15, 0.2) is 35.0 Å². The predicted molar refractivity (Wildman–Crippen MR) is 166 cm³/mol. The van der Waals surface area contributed by atoms with Crippen LogP contribution in [0.5, 0.6) is 5.75 Å². The lowest BCUT2D eigenvalue weighted by Crippen LogP contribution is -2.47. The maximum Gasteiger partial charge on any atom is 0.459 e. The van der Waals surface area contributed by atoms with E-state index in [1.54, 1.807) is 69.2 Å². The number of hydrogen-bond acceptors (Lipinski definition) is 12. The summed E-state index contributed by atoms with van der Waals surface area (Å²) in [4.78, 5) is 26.7. The molecule has 1 saturated heterocycles. The van der Waals surface area contributed by atoms with Crippen LogP contribution in [0.3, 0.4) is 0 Å². The Morgan fingerprint density at radius 2 is 1.89 bits per heavy atom. The van der Waals surface area contributed by atoms with Gasteiger partial charge in [-0.05, 0) is 39.1 Å². The first-order valence-electron chi connectivity index (χ1n) is 14.4. The minimum absolute atomic E-state index is 0.0200. The van der Waals surface area contributed by atoms with Gasteiger partial charge in [0.05, 0.1) is 12.4 Å². The molecule has 1 aliphatic rings. The molecule has 1 fully saturated rings. The zero-order valence-electron chi connectivity index (χ0n) is 26.0. The third-order valence-corrected chi connectivity index (χ3v) is 8.90. The molecule has 3 heterocycles. The van der Waals surface area contributed by atoms with Gasteiger partial charge in [0.2, 0.25) is 5.95 Å². The van der Waals surface area contributed by atoms with Crippen LogP contribution in [0.1, 0.15) is 33.9 Å². The van der Waals surface area contributed by atoms with Crippen LogP contribution in [0.4, 0.5) is 20.5 Å². The summed E-state index contributed by atoms with van der Waals surface area (Å²) in [7, 11) is -1.29. The summed E-state index contributed by atoms with van der Waals surface area (Å²) in [5, 5.41) is 14.7. The van der Waals surface area contributed by atoms with E-state index in [4.69, 9.17) is 24.3 Å². The SMILES string of the molecule is CC(C)OC(=O)[C@@H](C)N[P@](=O)(OC[C@@]1(F)O[C@@H](n2cnc3c(N(C)C)nc(N)nc32)[C@](C)(F)[C@@H]1O)Oc1cccc2ccccc12. The van der Waals surface area contributed by atoms with Gasteiger partial charge in [-0.15, -0.1) is 0 Å². The Kier molecular flexibility index (Phi) is 8.96. The maximum atomic E-state index is 16.5. The van der Waals surface area contributed by atoms with Crippen molar-refractivity contribution in [3.05, 3.63) is 48.8 Å². The number of nitrogens with two attached hydrogens (primary N) is 1. The minimum atomic E-state index is -4.67. The van der Waals surface area contributed by atoms with Gasteiger partial charge in [-0.2, -0.15) is 15.1 Å². The van der Waals surface area contributed by atoms with Crippen molar-refractivity contribution in [2.24, 2.45) is 0 Å². The fourth-order valence-electron chi connectivity index (χ4n) is 5.06. The lowest BCUT2D eigenvalue weighted by Gasteiger charge is -2.28. The molecule has 46 heavy (non-hydrogen) atoms. The van der Waals surface area contributed by atoms with Crippen LogP contribution in [0.15, 0.2) is 48.8 Å². The fourth-order valence-corrected chi connectivity index (χ4v) is 6.58. The molecule has 17 heteroatoms. The van der Waals surface area contributed by atoms with E-state index in [2.05, 4.69) is 20.0 Å². The van der Waals surface area contributed by atoms with Gasteiger partial charge in [-0.25, -0.2) is 18.3 Å². The first-order chi connectivity index (χ1) is 21.5. The number of carbonyl (C=O) groups is 1. The van der Waals surface area contributed by atoms with Crippen molar-refractivity contribution in [2.75, 3.05) is 31.3 Å². The van der Waals surface area contributed by atoms with Crippen LogP contribution < -0.4 is 20.2 Å². The van der Waals surface area contributed by atoms with Crippen molar-refractivity contribution >= 4 is 47.4 Å². The highest BCUT2D eigenvalue weighted by atomic mass is 31.2. The normalized spacial score (nSPS) is 25.1. The lowest BCUT2D eigenvalue weighted by molar-refractivity contribution is -0.202. The van der Waals surface area contributed by atoms with Crippen LogP contribution in [-0.2, 0) is 23.4 Å². The van der Waals surface area contributed by atoms with Crippen LogP contribution in [-0.4, -0.2) is 81.1 Å². The Morgan fingerprint density at radius 3 is 2.59 bits per heavy atom. The van der Waals surface area contributed by atoms with Gasteiger partial charge >= 0.3 is 13.7 Å². The number of nitrogens with one attached hydrogen (secondary N) is 1. The van der Waals surface area contributed by atoms with Crippen molar-refractivity contribution in [3.63, 3.8) is 0 Å². The fraction of sp³-hybridized carbons (Fsp3) is 0.448. The van der Waals surface area contributed by atoms with Crippen LogP contribution in [0, 0.1) is 0 Å². The Bertz CT molecular complexity index is 1800. The number of esters is 1. The Hall–Kier alpha value is -3.95. The number of aromatic nitrogens is 4. The van der Waals surface area contributed by atoms with Gasteiger partial charge in [-0.3, -0.25) is 13.9 Å². The minimum Gasteiger partial charge on any atom is -0.462 e. The molecule has 0 amide bonds. The highest BCUT2D eigenvalue weighted by Gasteiger charge is 2.65. The molecular weight excluding hydrogens is 627 g/mol. The number of rotatable bonds is 11. The number of ether oxygens (including phenoxy) is 2. The number of halogens is 2. The average Bonchev–Trinajstić information content (AvgIpc) is 3.47. The average molecular weight is 664 g/mol. The van der Waals surface area contributed by atoms with Crippen molar-refractivity contribution in [3.8, 4) is 5.75 Å². The molecule has 0 unspecified atom stereocenters. The summed E-state index contributed by atoms with van der Waals surface area (Å²) >= 11 is 0. The second-order valence-corrected chi connectivity index (χ2v) is 13.3. The first kappa shape index (κ1) is 33.4. The highest BCUT2D eigenvalue weighted by molar-refractivity contribution is 7.52.